The number of primary amides is 1. The van der Waals surface area contributed by atoms with Crippen LogP contribution in [0.5, 0.6) is 0 Å². The second-order valence-corrected chi connectivity index (χ2v) is 11.1. The van der Waals surface area contributed by atoms with E-state index in [0.717, 1.165) is 22.4 Å². The van der Waals surface area contributed by atoms with Crippen LogP contribution in [0.15, 0.2) is 90.0 Å². The van der Waals surface area contributed by atoms with Crippen LogP contribution in [0.4, 0.5) is 14.0 Å². The summed E-state index contributed by atoms with van der Waals surface area (Å²) in [5.41, 5.74) is 10.2. The highest BCUT2D eigenvalue weighted by Gasteiger charge is 2.32. The molecule has 2 aromatic heterocycles. The Balaban J connectivity index is 1.39. The van der Waals surface area contributed by atoms with Crippen LogP contribution in [0.3, 0.4) is 0 Å². The van der Waals surface area contributed by atoms with Crippen LogP contribution in [0.1, 0.15) is 27.0 Å². The third-order valence-electron chi connectivity index (χ3n) is 7.13. The maximum absolute atomic E-state index is 14.0. The molecule has 2 aliphatic rings. The molecule has 0 saturated carbocycles. The summed E-state index contributed by atoms with van der Waals surface area (Å²) in [6.07, 6.45) is 9.18. The van der Waals surface area contributed by atoms with Gasteiger partial charge in [0.25, 0.3) is 0 Å². The number of thioether (sulfide) groups is 1. The van der Waals surface area contributed by atoms with Gasteiger partial charge in [-0.2, -0.15) is 0 Å². The Kier molecular flexibility index (Phi) is 6.66. The van der Waals surface area contributed by atoms with Crippen molar-refractivity contribution in [2.45, 2.75) is 11.1 Å². The summed E-state index contributed by atoms with van der Waals surface area (Å²) in [7, 11) is 3.31. The van der Waals surface area contributed by atoms with Crippen LogP contribution in [-0.4, -0.2) is 57.2 Å². The van der Waals surface area contributed by atoms with Crippen molar-refractivity contribution in [2.24, 2.45) is 10.8 Å². The van der Waals surface area contributed by atoms with Crippen molar-refractivity contribution < 1.29 is 23.5 Å². The number of benzene rings is 2. The zero-order valence-electron chi connectivity index (χ0n) is 22.3. The monoisotopic (exact) mass is 569 g/mol. The first-order chi connectivity index (χ1) is 19.7. The van der Waals surface area contributed by atoms with Gasteiger partial charge in [-0.3, -0.25) is 9.36 Å². The first-order valence-corrected chi connectivity index (χ1v) is 13.9. The Morgan fingerprint density at radius 2 is 1.83 bits per heavy atom. The number of hydrogen-bond donors (Lipinski definition) is 1. The van der Waals surface area contributed by atoms with Crippen LogP contribution < -0.4 is 5.73 Å². The molecule has 0 bridgehead atoms. The number of amides is 3. The number of fused-ring (bicyclic) bond motifs is 2. The predicted octanol–water partition coefficient (Wildman–Crippen LogP) is 5.75. The number of ketones is 1. The highest BCUT2D eigenvalue weighted by atomic mass is 32.2. The van der Waals surface area contributed by atoms with Crippen molar-refractivity contribution in [1.29, 1.82) is 0 Å². The highest BCUT2D eigenvalue weighted by Crippen LogP contribution is 2.44. The molecule has 6 rings (SSSR count). The third kappa shape index (κ3) is 4.78. The van der Waals surface area contributed by atoms with Gasteiger partial charge in [-0.1, -0.05) is 29.0 Å². The van der Waals surface area contributed by atoms with Crippen molar-refractivity contribution in [3.63, 3.8) is 0 Å². The van der Waals surface area contributed by atoms with Gasteiger partial charge in [0.15, 0.2) is 12.3 Å². The fraction of sp³-hybridized carbons (Fsp3) is 0.167. The first kappa shape index (κ1) is 26.5. The summed E-state index contributed by atoms with van der Waals surface area (Å²) in [5.74, 6) is 0.104. The average molecular weight is 570 g/mol. The topological polar surface area (TPSA) is 106 Å². The minimum Gasteiger partial charge on any atom is -0.345 e. The molecule has 11 heteroatoms. The van der Waals surface area contributed by atoms with E-state index in [-0.39, 0.29) is 23.0 Å². The number of nitrogens with two attached hydrogens (primary N) is 1. The van der Waals surface area contributed by atoms with Crippen LogP contribution in [0, 0.1) is 5.82 Å². The van der Waals surface area contributed by atoms with E-state index in [2.05, 4.69) is 9.68 Å². The summed E-state index contributed by atoms with van der Waals surface area (Å²) >= 11 is 1.66. The lowest BCUT2D eigenvalue weighted by Crippen LogP contribution is -2.26. The number of carbonyl (C=O) groups excluding carboxylic acids is 3. The second-order valence-electron chi connectivity index (χ2n) is 10.00. The number of nitrogens with zero attached hydrogens (tertiary/aromatic N) is 5. The summed E-state index contributed by atoms with van der Waals surface area (Å²) in [4.78, 5) is 39.9. The van der Waals surface area contributed by atoms with E-state index < -0.39 is 6.03 Å². The molecule has 2 N–H and O–H groups in total. The second kappa shape index (κ2) is 10.3. The summed E-state index contributed by atoms with van der Waals surface area (Å²) in [6, 6.07) is 12.5. The maximum Gasteiger partial charge on any atom is 0.398 e. The summed E-state index contributed by atoms with van der Waals surface area (Å²) in [5, 5.41) is 4.35. The van der Waals surface area contributed by atoms with Gasteiger partial charge in [0.1, 0.15) is 11.2 Å². The summed E-state index contributed by atoms with van der Waals surface area (Å²) in [6.45, 7) is 0.449. The molecular formula is C30H26FN6O3S+. The fourth-order valence-corrected chi connectivity index (χ4v) is 6.52. The smallest absolute Gasteiger partial charge is 0.345 e. The third-order valence-corrected chi connectivity index (χ3v) is 8.38. The van der Waals surface area contributed by atoms with Crippen LogP contribution in [0.2, 0.25) is 0 Å². The molecule has 0 unspecified atom stereocenters. The maximum atomic E-state index is 14.0. The van der Waals surface area contributed by atoms with Crippen molar-refractivity contribution in [3.8, 4) is 11.1 Å². The molecule has 4 heterocycles. The van der Waals surface area contributed by atoms with Crippen molar-refractivity contribution in [3.05, 3.63) is 107 Å². The molecule has 0 aliphatic carbocycles. The number of urea groups is 1. The Morgan fingerprint density at radius 3 is 2.56 bits per heavy atom. The molecule has 9 nitrogen and oxygen atoms in total. The Labute approximate surface area is 239 Å². The highest BCUT2D eigenvalue weighted by molar-refractivity contribution is 7.99. The molecule has 41 heavy (non-hydrogen) atoms. The van der Waals surface area contributed by atoms with E-state index in [1.165, 1.54) is 26.3 Å². The Morgan fingerprint density at radius 1 is 1.07 bits per heavy atom. The number of azo groups is 2. The molecule has 2 aromatic carbocycles. The minimum atomic E-state index is -0.763. The quantitative estimate of drug-likeness (QED) is 0.249. The van der Waals surface area contributed by atoms with Gasteiger partial charge in [-0.25, -0.2) is 14.0 Å². The molecule has 3 amide bonds. The van der Waals surface area contributed by atoms with Gasteiger partial charge in [0, 0.05) is 54.4 Å². The van der Waals surface area contributed by atoms with E-state index in [0.29, 0.717) is 34.3 Å². The van der Waals surface area contributed by atoms with Crippen LogP contribution >= 0.6 is 11.8 Å². The number of hydrogen-bond acceptors (Lipinski definition) is 4. The molecule has 0 saturated heterocycles. The van der Waals surface area contributed by atoms with Crippen molar-refractivity contribution in [2.75, 3.05) is 20.6 Å². The van der Waals surface area contributed by atoms with E-state index in [1.54, 1.807) is 50.4 Å². The van der Waals surface area contributed by atoms with Gasteiger partial charge >= 0.3 is 12.1 Å². The van der Waals surface area contributed by atoms with Gasteiger partial charge in [-0.05, 0) is 47.5 Å². The molecule has 4 aromatic rings. The average Bonchev–Trinajstić information content (AvgIpc) is 3.66. The first-order valence-electron chi connectivity index (χ1n) is 12.9. The zero-order chi connectivity index (χ0) is 28.8. The molecule has 2 aliphatic heterocycles. The van der Waals surface area contributed by atoms with Gasteiger partial charge in [0.2, 0.25) is 6.20 Å². The van der Waals surface area contributed by atoms with Crippen molar-refractivity contribution in [1.82, 2.24) is 14.0 Å². The predicted molar refractivity (Wildman–Crippen MR) is 154 cm³/mol. The SMILES string of the molecule is CN(C)C(=O)n1cc(C(=O)c2ccn3c2CS[C@@H]3C2=C[N+](=NC(N)=O)CC=C2)c2ccc(-c3ccc(F)cc3)cc21. The lowest BCUT2D eigenvalue weighted by atomic mass is 10.00. The van der Waals surface area contributed by atoms with E-state index in [1.807, 2.05) is 42.6 Å². The van der Waals surface area contributed by atoms with E-state index >= 15 is 0 Å². The fourth-order valence-electron chi connectivity index (χ4n) is 5.21. The zero-order valence-corrected chi connectivity index (χ0v) is 23.1. The molecule has 0 radical (unpaired) electrons. The van der Waals surface area contributed by atoms with E-state index in [4.69, 9.17) is 5.73 Å². The van der Waals surface area contributed by atoms with Gasteiger partial charge < -0.3 is 15.2 Å². The minimum absolute atomic E-state index is 0.0939. The Bertz CT molecular complexity index is 1830. The van der Waals surface area contributed by atoms with Crippen molar-refractivity contribution >= 4 is 40.5 Å². The number of rotatable bonds is 4. The standard InChI is InChI=1S/C30H25FN6O3S/c1-34(2)30(40)37-16-24(22-10-7-19(14-25(22)37)18-5-8-21(31)9-6-18)27(38)23-11-13-36-26(23)17-41-28(36)20-4-3-12-35(15-20)33-29(32)39/h3-11,13-16,28H,12,17H2,1-2H3,(H-,32,39)/p+1/t28-/m1/s1. The number of halogens is 1. The Hall–Kier alpha value is -4.77. The number of carbonyl (C=O) groups is 3. The molecular weight excluding hydrogens is 543 g/mol. The number of aromatic nitrogens is 2. The largest absolute Gasteiger partial charge is 0.398 e. The van der Waals surface area contributed by atoms with Gasteiger partial charge in [0.05, 0.1) is 16.2 Å². The molecule has 0 fully saturated rings. The lowest BCUT2D eigenvalue weighted by Gasteiger charge is -2.14. The lowest BCUT2D eigenvalue weighted by molar-refractivity contribution is -0.514. The normalized spacial score (nSPS) is 17.1. The molecule has 206 valence electrons. The summed E-state index contributed by atoms with van der Waals surface area (Å²) < 4.78 is 18.5. The van der Waals surface area contributed by atoms with Gasteiger partial charge in [-0.15, -0.1) is 11.8 Å². The number of allylic oxidation sites excluding steroid dienone is 1. The van der Waals surface area contributed by atoms with E-state index in [9.17, 15) is 18.8 Å². The van der Waals surface area contributed by atoms with Crippen LogP contribution in [0.25, 0.3) is 22.0 Å². The van der Waals surface area contributed by atoms with Crippen LogP contribution in [-0.2, 0) is 5.75 Å². The molecule has 0 spiro atoms. The molecule has 1 atom stereocenters.